The van der Waals surface area contributed by atoms with Crippen molar-refractivity contribution in [3.63, 3.8) is 0 Å². The highest BCUT2D eigenvalue weighted by Crippen LogP contribution is 2.40. The molecule has 0 unspecified atom stereocenters. The maximum absolute atomic E-state index is 13.9. The summed E-state index contributed by atoms with van der Waals surface area (Å²) in [4.78, 5) is 36.8. The van der Waals surface area contributed by atoms with Gasteiger partial charge in [0, 0.05) is 25.3 Å². The molecule has 1 aromatic heterocycles. The van der Waals surface area contributed by atoms with Crippen LogP contribution in [0, 0.1) is 0 Å². The summed E-state index contributed by atoms with van der Waals surface area (Å²) < 4.78 is 47.2. The minimum absolute atomic E-state index is 0.000211. The summed E-state index contributed by atoms with van der Waals surface area (Å²) in [5, 5.41) is 0. The zero-order valence-electron chi connectivity index (χ0n) is 16.5. The number of amides is 3. The number of nitrogen functional groups attached to an aromatic ring is 1. The number of nitrogens with two attached hydrogens (primary N) is 1. The van der Waals surface area contributed by atoms with Crippen LogP contribution in [0.4, 0.5) is 35.2 Å². The van der Waals surface area contributed by atoms with Crippen LogP contribution in [0.2, 0.25) is 0 Å². The summed E-state index contributed by atoms with van der Waals surface area (Å²) in [6.07, 6.45) is -3.60. The maximum Gasteiger partial charge on any atom is 0.418 e. The van der Waals surface area contributed by atoms with E-state index in [1.54, 1.807) is 6.92 Å². The quantitative estimate of drug-likeness (QED) is 0.792. The van der Waals surface area contributed by atoms with Crippen LogP contribution in [0.3, 0.4) is 0 Å². The molecule has 9 nitrogen and oxygen atoms in total. The van der Waals surface area contributed by atoms with E-state index in [1.165, 1.54) is 17.0 Å². The van der Waals surface area contributed by atoms with Gasteiger partial charge in [0.2, 0.25) is 5.88 Å². The lowest BCUT2D eigenvalue weighted by atomic mass is 10.1. The predicted octanol–water partition coefficient (Wildman–Crippen LogP) is 2.38. The van der Waals surface area contributed by atoms with Crippen LogP contribution in [0.1, 0.15) is 22.8 Å². The minimum Gasteiger partial charge on any atom is -0.475 e. The number of fused-ring (bicyclic) bond motifs is 1. The van der Waals surface area contributed by atoms with Crippen LogP contribution in [-0.4, -0.2) is 59.6 Å². The Hall–Kier alpha value is -3.57. The molecule has 12 heteroatoms. The Morgan fingerprint density at radius 3 is 2.58 bits per heavy atom. The Kier molecular flexibility index (Phi) is 5.07. The molecule has 3 heterocycles. The number of benzene rings is 1. The van der Waals surface area contributed by atoms with E-state index in [0.29, 0.717) is 13.1 Å². The fourth-order valence-corrected chi connectivity index (χ4v) is 3.66. The first-order chi connectivity index (χ1) is 14.7. The number of alkyl halides is 3. The number of urea groups is 1. The molecule has 1 aromatic carbocycles. The molecule has 2 aromatic rings. The Morgan fingerprint density at radius 2 is 1.90 bits per heavy atom. The van der Waals surface area contributed by atoms with Crippen molar-refractivity contribution >= 4 is 29.1 Å². The Labute approximate surface area is 175 Å². The van der Waals surface area contributed by atoms with E-state index >= 15 is 0 Å². The second-order valence-corrected chi connectivity index (χ2v) is 6.96. The van der Waals surface area contributed by atoms with E-state index in [1.807, 2.05) is 0 Å². The number of carbonyl (C=O) groups excluding carboxylic acids is 2. The molecular formula is C19H19F3N6O3. The van der Waals surface area contributed by atoms with Crippen LogP contribution < -0.4 is 20.3 Å². The van der Waals surface area contributed by atoms with Crippen LogP contribution in [0.15, 0.2) is 24.5 Å². The number of likely N-dealkylation sites (N-methyl/N-ethyl adjacent to an activating group) is 1. The van der Waals surface area contributed by atoms with Crippen molar-refractivity contribution in [3.05, 3.63) is 35.7 Å². The van der Waals surface area contributed by atoms with Gasteiger partial charge in [-0.3, -0.25) is 9.69 Å². The van der Waals surface area contributed by atoms with Crippen LogP contribution in [0.5, 0.6) is 5.88 Å². The summed E-state index contributed by atoms with van der Waals surface area (Å²) in [5.74, 6) is -0.812. The van der Waals surface area contributed by atoms with E-state index < -0.39 is 23.7 Å². The fourth-order valence-electron chi connectivity index (χ4n) is 3.66. The van der Waals surface area contributed by atoms with Crippen LogP contribution in [-0.2, 0) is 6.18 Å². The largest absolute Gasteiger partial charge is 0.475 e. The third kappa shape index (κ3) is 3.57. The van der Waals surface area contributed by atoms with Crippen LogP contribution >= 0.6 is 0 Å². The number of ether oxygens (including phenoxy) is 1. The Balaban J connectivity index is 1.76. The van der Waals surface area contributed by atoms with Crippen molar-refractivity contribution in [3.8, 4) is 5.88 Å². The molecule has 0 atom stereocenters. The molecule has 31 heavy (non-hydrogen) atoms. The smallest absolute Gasteiger partial charge is 0.418 e. The molecule has 2 aliphatic heterocycles. The third-order valence-electron chi connectivity index (χ3n) is 5.22. The first-order valence-corrected chi connectivity index (χ1v) is 9.55. The minimum atomic E-state index is -4.74. The molecule has 0 aliphatic carbocycles. The number of halogens is 3. The van der Waals surface area contributed by atoms with E-state index in [9.17, 15) is 22.8 Å². The van der Waals surface area contributed by atoms with Gasteiger partial charge in [-0.15, -0.1) is 0 Å². The van der Waals surface area contributed by atoms with Crippen molar-refractivity contribution in [2.75, 3.05) is 48.3 Å². The summed E-state index contributed by atoms with van der Waals surface area (Å²) >= 11 is 0. The molecule has 2 N–H and O–H groups in total. The molecule has 164 valence electrons. The highest BCUT2D eigenvalue weighted by Gasteiger charge is 2.40. The number of hydrogen-bond donors (Lipinski definition) is 1. The van der Waals surface area contributed by atoms with Gasteiger partial charge in [0.1, 0.15) is 24.3 Å². The monoisotopic (exact) mass is 436 g/mol. The number of nitrogens with zero attached hydrogens (tertiary/aromatic N) is 5. The lowest BCUT2D eigenvalue weighted by molar-refractivity contribution is -0.137. The Morgan fingerprint density at radius 1 is 1.13 bits per heavy atom. The lowest BCUT2D eigenvalue weighted by Crippen LogP contribution is -2.34. The van der Waals surface area contributed by atoms with E-state index in [2.05, 4.69) is 9.97 Å². The van der Waals surface area contributed by atoms with Gasteiger partial charge >= 0.3 is 12.2 Å². The van der Waals surface area contributed by atoms with Gasteiger partial charge in [0.15, 0.2) is 0 Å². The molecule has 3 amide bonds. The summed E-state index contributed by atoms with van der Waals surface area (Å²) in [6.45, 7) is 2.64. The first-order valence-electron chi connectivity index (χ1n) is 9.55. The van der Waals surface area contributed by atoms with Crippen molar-refractivity contribution < 1.29 is 27.5 Å². The second kappa shape index (κ2) is 7.60. The van der Waals surface area contributed by atoms with Crippen molar-refractivity contribution in [1.29, 1.82) is 0 Å². The van der Waals surface area contributed by atoms with E-state index in [0.717, 1.165) is 22.2 Å². The van der Waals surface area contributed by atoms with Gasteiger partial charge in [0.25, 0.3) is 5.91 Å². The molecule has 0 spiro atoms. The SMILES string of the molecule is CCN1CCN(c2ccc(N3CCOc4ncnc(N)c4C3=O)cc2C(F)(F)F)C1=O. The fraction of sp³-hybridized carbons (Fsp3) is 0.368. The summed E-state index contributed by atoms with van der Waals surface area (Å²) in [7, 11) is 0. The molecule has 0 radical (unpaired) electrons. The summed E-state index contributed by atoms with van der Waals surface area (Å²) in [6, 6.07) is 2.95. The molecule has 0 saturated carbocycles. The Bertz CT molecular complexity index is 1050. The average Bonchev–Trinajstić information content (AvgIpc) is 3.00. The molecule has 2 aliphatic rings. The van der Waals surface area contributed by atoms with Crippen LogP contribution in [0.25, 0.3) is 0 Å². The number of aromatic nitrogens is 2. The molecular weight excluding hydrogens is 417 g/mol. The second-order valence-electron chi connectivity index (χ2n) is 6.96. The number of rotatable bonds is 3. The van der Waals surface area contributed by atoms with Gasteiger partial charge in [-0.25, -0.2) is 14.8 Å². The van der Waals surface area contributed by atoms with Crippen molar-refractivity contribution in [2.24, 2.45) is 0 Å². The number of anilines is 3. The van der Waals surface area contributed by atoms with Gasteiger partial charge in [-0.1, -0.05) is 0 Å². The van der Waals surface area contributed by atoms with Gasteiger partial charge in [-0.2, -0.15) is 13.2 Å². The van der Waals surface area contributed by atoms with E-state index in [4.69, 9.17) is 10.5 Å². The zero-order valence-corrected chi connectivity index (χ0v) is 16.5. The van der Waals surface area contributed by atoms with Crippen molar-refractivity contribution in [1.82, 2.24) is 14.9 Å². The van der Waals surface area contributed by atoms with Crippen molar-refractivity contribution in [2.45, 2.75) is 13.1 Å². The van der Waals surface area contributed by atoms with Gasteiger partial charge < -0.3 is 20.3 Å². The molecule has 1 saturated heterocycles. The summed E-state index contributed by atoms with van der Waals surface area (Å²) in [5.41, 5.74) is 4.42. The molecule has 0 bridgehead atoms. The topological polar surface area (TPSA) is 105 Å². The highest BCUT2D eigenvalue weighted by molar-refractivity contribution is 6.10. The standard InChI is InChI=1S/C19H19F3N6O3/c1-2-26-5-6-28(18(26)30)13-4-3-11(9-12(13)19(20,21)22)27-7-8-31-16-14(17(27)29)15(23)24-10-25-16/h3-4,9-10H,2,5-8H2,1H3,(H2,23,24,25). The average molecular weight is 436 g/mol. The van der Waals surface area contributed by atoms with Gasteiger partial charge in [0.05, 0.1) is 17.8 Å². The van der Waals surface area contributed by atoms with E-state index in [-0.39, 0.29) is 48.3 Å². The number of hydrogen-bond acceptors (Lipinski definition) is 6. The third-order valence-corrected chi connectivity index (χ3v) is 5.22. The lowest BCUT2D eigenvalue weighted by Gasteiger charge is -2.25. The highest BCUT2D eigenvalue weighted by atomic mass is 19.4. The molecule has 1 fully saturated rings. The maximum atomic E-state index is 13.9. The number of carbonyl (C=O) groups is 2. The predicted molar refractivity (Wildman–Crippen MR) is 105 cm³/mol. The molecule has 4 rings (SSSR count). The zero-order chi connectivity index (χ0) is 22.3. The van der Waals surface area contributed by atoms with Gasteiger partial charge in [-0.05, 0) is 25.1 Å². The normalized spacial score (nSPS) is 17.0. The first kappa shape index (κ1) is 20.7.